The number of thiophene rings is 1. The van der Waals surface area contributed by atoms with Gasteiger partial charge in [-0.1, -0.05) is 36.4 Å². The van der Waals surface area contributed by atoms with Gasteiger partial charge in [-0.05, 0) is 18.2 Å². The van der Waals surface area contributed by atoms with E-state index in [4.69, 9.17) is 14.6 Å². The molecule has 4 aromatic rings. The molecule has 0 atom stereocenters. The van der Waals surface area contributed by atoms with E-state index in [0.717, 1.165) is 28.7 Å². The number of anilines is 1. The van der Waals surface area contributed by atoms with Crippen LogP contribution >= 0.6 is 11.3 Å². The number of carbonyl (C=O) groups excluding carboxylic acids is 1. The SMILES string of the molecule is COc1c(C(=O)N2CCN(c3ccccc3)CC2)sc2c1c(=O)n(C)c1ccccc21.O=C(O)C(F)(F)F. The van der Waals surface area contributed by atoms with Crippen molar-refractivity contribution in [2.75, 3.05) is 38.2 Å². The second-order valence-corrected chi connectivity index (χ2v) is 9.49. The Kier molecular flexibility index (Phi) is 7.63. The van der Waals surface area contributed by atoms with E-state index in [-0.39, 0.29) is 11.5 Å². The molecule has 5 rings (SSSR count). The fraction of sp³-hybridized carbons (Fsp3) is 0.269. The van der Waals surface area contributed by atoms with E-state index >= 15 is 0 Å². The Balaban J connectivity index is 0.000000426. The molecule has 0 bridgehead atoms. The number of aryl methyl sites for hydroxylation is 1. The van der Waals surface area contributed by atoms with Crippen LogP contribution in [0.4, 0.5) is 18.9 Å². The molecule has 0 spiro atoms. The maximum atomic E-state index is 13.5. The minimum Gasteiger partial charge on any atom is -0.494 e. The predicted molar refractivity (Wildman–Crippen MR) is 139 cm³/mol. The molecule has 2 aromatic carbocycles. The van der Waals surface area contributed by atoms with E-state index in [1.54, 1.807) is 11.6 Å². The fourth-order valence-electron chi connectivity index (χ4n) is 4.32. The molecular formula is C26H24F3N3O5S. The number of halogens is 3. The highest BCUT2D eigenvalue weighted by Crippen LogP contribution is 2.40. The van der Waals surface area contributed by atoms with Crippen molar-refractivity contribution in [3.63, 3.8) is 0 Å². The van der Waals surface area contributed by atoms with Crippen molar-refractivity contribution < 1.29 is 32.6 Å². The maximum absolute atomic E-state index is 13.5. The summed E-state index contributed by atoms with van der Waals surface area (Å²) in [6, 6.07) is 18.0. The van der Waals surface area contributed by atoms with Gasteiger partial charge in [-0.3, -0.25) is 9.59 Å². The first kappa shape index (κ1) is 27.0. The first-order valence-electron chi connectivity index (χ1n) is 11.5. The minimum atomic E-state index is -5.08. The van der Waals surface area contributed by atoms with Crippen molar-refractivity contribution in [1.82, 2.24) is 9.47 Å². The van der Waals surface area contributed by atoms with Crippen LogP contribution in [0.3, 0.4) is 0 Å². The number of alkyl halides is 3. The van der Waals surface area contributed by atoms with Crippen molar-refractivity contribution in [1.29, 1.82) is 0 Å². The molecule has 1 fully saturated rings. The first-order valence-corrected chi connectivity index (χ1v) is 12.3. The molecular weight excluding hydrogens is 523 g/mol. The molecule has 0 saturated carbocycles. The zero-order chi connectivity index (χ0) is 27.6. The monoisotopic (exact) mass is 547 g/mol. The lowest BCUT2D eigenvalue weighted by Crippen LogP contribution is -2.48. The van der Waals surface area contributed by atoms with Crippen LogP contribution in [0.2, 0.25) is 0 Å². The van der Waals surface area contributed by atoms with Gasteiger partial charge >= 0.3 is 12.1 Å². The Morgan fingerprint density at radius 3 is 2.13 bits per heavy atom. The molecule has 0 aliphatic carbocycles. The molecule has 38 heavy (non-hydrogen) atoms. The van der Waals surface area contributed by atoms with Gasteiger partial charge in [-0.15, -0.1) is 11.3 Å². The van der Waals surface area contributed by atoms with Gasteiger partial charge in [0, 0.05) is 44.3 Å². The molecule has 12 heteroatoms. The van der Waals surface area contributed by atoms with E-state index in [1.807, 2.05) is 47.4 Å². The van der Waals surface area contributed by atoms with E-state index < -0.39 is 12.1 Å². The number of para-hydroxylation sites is 2. The molecule has 1 aliphatic rings. The molecule has 8 nitrogen and oxygen atoms in total. The van der Waals surface area contributed by atoms with Crippen LogP contribution in [-0.2, 0) is 11.8 Å². The number of hydrogen-bond acceptors (Lipinski definition) is 6. The number of carboxylic acids is 1. The molecule has 1 aliphatic heterocycles. The largest absolute Gasteiger partial charge is 0.494 e. The van der Waals surface area contributed by atoms with Gasteiger partial charge in [-0.25, -0.2) is 4.79 Å². The molecule has 200 valence electrons. The number of rotatable bonds is 3. The van der Waals surface area contributed by atoms with E-state index in [9.17, 15) is 22.8 Å². The third-order valence-corrected chi connectivity index (χ3v) is 7.41. The van der Waals surface area contributed by atoms with Crippen molar-refractivity contribution in [3.05, 3.63) is 69.8 Å². The number of methoxy groups -OCH3 is 1. The van der Waals surface area contributed by atoms with Crippen LogP contribution in [0, 0.1) is 0 Å². The molecule has 0 radical (unpaired) electrons. The summed E-state index contributed by atoms with van der Waals surface area (Å²) in [7, 11) is 3.28. The lowest BCUT2D eigenvalue weighted by atomic mass is 10.1. The highest BCUT2D eigenvalue weighted by Gasteiger charge is 2.38. The van der Waals surface area contributed by atoms with Gasteiger partial charge in [0.05, 0.1) is 17.3 Å². The summed E-state index contributed by atoms with van der Waals surface area (Å²) < 4.78 is 39.8. The first-order chi connectivity index (χ1) is 18.0. The summed E-state index contributed by atoms with van der Waals surface area (Å²) in [6.07, 6.45) is -5.08. The Hall–Kier alpha value is -4.06. The van der Waals surface area contributed by atoms with Crippen LogP contribution in [0.25, 0.3) is 21.0 Å². The molecule has 3 heterocycles. The number of carbonyl (C=O) groups is 2. The van der Waals surface area contributed by atoms with Crippen molar-refractivity contribution in [2.45, 2.75) is 6.18 Å². The van der Waals surface area contributed by atoms with Crippen molar-refractivity contribution >= 4 is 49.9 Å². The van der Waals surface area contributed by atoms with E-state index in [0.29, 0.717) is 29.1 Å². The van der Waals surface area contributed by atoms with Gasteiger partial charge < -0.3 is 24.2 Å². The number of aliphatic carboxylic acids is 1. The zero-order valence-corrected chi connectivity index (χ0v) is 21.3. The average Bonchev–Trinajstić information content (AvgIpc) is 3.32. The number of hydrogen-bond donors (Lipinski definition) is 1. The molecule has 2 aromatic heterocycles. The number of nitrogens with zero attached hydrogens (tertiary/aromatic N) is 3. The van der Waals surface area contributed by atoms with Crippen LogP contribution in [0.15, 0.2) is 59.4 Å². The van der Waals surface area contributed by atoms with Crippen molar-refractivity contribution in [2.24, 2.45) is 7.05 Å². The highest BCUT2D eigenvalue weighted by atomic mass is 32.1. The third-order valence-electron chi connectivity index (χ3n) is 6.22. The zero-order valence-electron chi connectivity index (χ0n) is 20.5. The average molecular weight is 548 g/mol. The van der Waals surface area contributed by atoms with Crippen LogP contribution in [0.1, 0.15) is 9.67 Å². The minimum absolute atomic E-state index is 0.0723. The number of aromatic nitrogens is 1. The molecule has 1 N–H and O–H groups in total. The topological polar surface area (TPSA) is 92.1 Å². The number of piperazine rings is 1. The van der Waals surface area contributed by atoms with Crippen LogP contribution in [-0.4, -0.2) is 65.9 Å². The Morgan fingerprint density at radius 2 is 1.55 bits per heavy atom. The van der Waals surface area contributed by atoms with Crippen molar-refractivity contribution in [3.8, 4) is 5.75 Å². The Morgan fingerprint density at radius 1 is 0.974 bits per heavy atom. The molecule has 1 saturated heterocycles. The second kappa shape index (κ2) is 10.7. The van der Waals surface area contributed by atoms with Crippen LogP contribution < -0.4 is 15.2 Å². The summed E-state index contributed by atoms with van der Waals surface area (Å²) in [5, 5.41) is 8.57. The summed E-state index contributed by atoms with van der Waals surface area (Å²) in [4.78, 5) is 40.1. The third kappa shape index (κ3) is 5.17. The van der Waals surface area contributed by atoms with Crippen LogP contribution in [0.5, 0.6) is 5.75 Å². The molecule has 0 unspecified atom stereocenters. The van der Waals surface area contributed by atoms with Gasteiger partial charge in [0.2, 0.25) is 0 Å². The number of ether oxygens (including phenoxy) is 1. The van der Waals surface area contributed by atoms with E-state index in [1.165, 1.54) is 24.1 Å². The normalized spacial score (nSPS) is 13.8. The number of amides is 1. The lowest BCUT2D eigenvalue weighted by Gasteiger charge is -2.36. The fourth-order valence-corrected chi connectivity index (χ4v) is 5.58. The summed E-state index contributed by atoms with van der Waals surface area (Å²) in [6.45, 7) is 2.80. The number of benzene rings is 2. The quantitative estimate of drug-likeness (QED) is 0.410. The summed E-state index contributed by atoms with van der Waals surface area (Å²) in [5.74, 6) is -2.44. The van der Waals surface area contributed by atoms with Gasteiger partial charge in [-0.2, -0.15) is 13.2 Å². The Bertz CT molecular complexity index is 1540. The second-order valence-electron chi connectivity index (χ2n) is 8.47. The van der Waals surface area contributed by atoms with E-state index in [2.05, 4.69) is 17.0 Å². The number of fused-ring (bicyclic) bond motifs is 3. The maximum Gasteiger partial charge on any atom is 0.490 e. The lowest BCUT2D eigenvalue weighted by molar-refractivity contribution is -0.192. The smallest absolute Gasteiger partial charge is 0.490 e. The molecule has 1 amide bonds. The Labute approximate surface area is 219 Å². The highest BCUT2D eigenvalue weighted by molar-refractivity contribution is 7.22. The van der Waals surface area contributed by atoms with Gasteiger partial charge in [0.25, 0.3) is 11.5 Å². The van der Waals surface area contributed by atoms with Gasteiger partial charge in [0.1, 0.15) is 10.3 Å². The summed E-state index contributed by atoms with van der Waals surface area (Å²) in [5.41, 5.74) is 1.87. The number of carboxylic acid groups (broad SMARTS) is 1. The number of pyridine rings is 1. The predicted octanol–water partition coefficient (Wildman–Crippen LogP) is 4.36. The van der Waals surface area contributed by atoms with Gasteiger partial charge in [0.15, 0.2) is 5.75 Å². The standard InChI is InChI=1S/C24H23N3O3S.C2HF3O2/c1-25-18-11-7-6-10-17(18)21-19(23(25)28)20(30-2)22(31-21)24(29)27-14-12-26(13-15-27)16-8-4-3-5-9-16;3-2(4,5)1(6)7/h3-11H,12-15H2,1-2H3;(H,6,7). The summed E-state index contributed by atoms with van der Waals surface area (Å²) >= 11 is 1.36.